The van der Waals surface area contributed by atoms with Crippen LogP contribution in [0.5, 0.6) is 17.2 Å². The van der Waals surface area contributed by atoms with Crippen LogP contribution in [0.15, 0.2) is 41.3 Å². The number of likely N-dealkylation sites (N-methyl/N-ethyl adjacent to an activating group) is 1. The van der Waals surface area contributed by atoms with Gasteiger partial charge >= 0.3 is 0 Å². The van der Waals surface area contributed by atoms with Crippen LogP contribution in [0.25, 0.3) is 6.08 Å². The van der Waals surface area contributed by atoms with Gasteiger partial charge in [0.15, 0.2) is 11.5 Å². The molecular formula is C25H29NO4S2. The minimum Gasteiger partial charge on any atom is -0.493 e. The van der Waals surface area contributed by atoms with E-state index < -0.39 is 0 Å². The number of nitrogens with zero attached hydrogens (tertiary/aromatic N) is 1. The van der Waals surface area contributed by atoms with Gasteiger partial charge in [0.1, 0.15) is 23.3 Å². The quantitative estimate of drug-likeness (QED) is 0.261. The van der Waals surface area contributed by atoms with Crippen molar-refractivity contribution in [3.8, 4) is 17.2 Å². The van der Waals surface area contributed by atoms with Crippen LogP contribution in [0.3, 0.4) is 0 Å². The van der Waals surface area contributed by atoms with Crippen LogP contribution in [0.1, 0.15) is 43.4 Å². The van der Waals surface area contributed by atoms with Crippen LogP contribution in [-0.4, -0.2) is 42.0 Å². The van der Waals surface area contributed by atoms with E-state index in [1.807, 2.05) is 31.2 Å². The number of benzene rings is 2. The molecule has 170 valence electrons. The molecule has 1 fully saturated rings. The second-order valence-corrected chi connectivity index (χ2v) is 9.40. The van der Waals surface area contributed by atoms with Crippen molar-refractivity contribution in [1.29, 1.82) is 0 Å². The summed E-state index contributed by atoms with van der Waals surface area (Å²) in [5.41, 5.74) is 3.20. The summed E-state index contributed by atoms with van der Waals surface area (Å²) in [6.45, 7) is 9.65. The molecule has 1 saturated heterocycles. The Morgan fingerprint density at radius 1 is 1.06 bits per heavy atom. The first-order valence-corrected chi connectivity index (χ1v) is 11.9. The molecule has 1 heterocycles. The molecule has 0 saturated carbocycles. The van der Waals surface area contributed by atoms with Crippen molar-refractivity contribution < 1.29 is 19.0 Å². The Bertz CT molecular complexity index is 1030. The van der Waals surface area contributed by atoms with E-state index in [0.29, 0.717) is 46.4 Å². The molecule has 0 aliphatic carbocycles. The van der Waals surface area contributed by atoms with Gasteiger partial charge in [-0.05, 0) is 60.7 Å². The van der Waals surface area contributed by atoms with E-state index in [9.17, 15) is 4.79 Å². The highest BCUT2D eigenvalue weighted by Gasteiger charge is 2.30. The average molecular weight is 472 g/mol. The highest BCUT2D eigenvalue weighted by molar-refractivity contribution is 8.26. The van der Waals surface area contributed by atoms with Crippen molar-refractivity contribution in [2.45, 2.75) is 33.6 Å². The zero-order valence-electron chi connectivity index (χ0n) is 19.1. The molecule has 2 aromatic rings. The molecule has 0 atom stereocenters. The Balaban J connectivity index is 1.64. The summed E-state index contributed by atoms with van der Waals surface area (Å²) in [4.78, 5) is 14.6. The minimum absolute atomic E-state index is 0.0594. The fourth-order valence-corrected chi connectivity index (χ4v) is 4.75. The zero-order valence-corrected chi connectivity index (χ0v) is 20.8. The maximum absolute atomic E-state index is 12.4. The molecule has 0 aromatic heterocycles. The van der Waals surface area contributed by atoms with Crippen LogP contribution in [-0.2, 0) is 4.79 Å². The number of rotatable bonds is 9. The summed E-state index contributed by atoms with van der Waals surface area (Å²) in [5.74, 6) is 2.45. The van der Waals surface area contributed by atoms with Crippen molar-refractivity contribution >= 4 is 40.3 Å². The van der Waals surface area contributed by atoms with Gasteiger partial charge in [0.25, 0.3) is 5.91 Å². The molecule has 0 spiro atoms. The van der Waals surface area contributed by atoms with Crippen LogP contribution in [0.4, 0.5) is 0 Å². The number of ether oxygens (including phenoxy) is 3. The van der Waals surface area contributed by atoms with Crippen LogP contribution >= 0.6 is 24.0 Å². The maximum Gasteiger partial charge on any atom is 0.266 e. The van der Waals surface area contributed by atoms with E-state index in [0.717, 1.165) is 11.3 Å². The number of hydrogen-bond donors (Lipinski definition) is 0. The standard InChI is InChI=1S/C25H29NO4S2/c1-6-26-24(27)23(32-25(26)31)15-18-8-10-20(22(14-18)28-5)29-11-12-30-21-13-17(4)7-9-19(21)16(2)3/h7-10,13-16H,6,11-12H2,1-5H3. The highest BCUT2D eigenvalue weighted by atomic mass is 32.2. The summed E-state index contributed by atoms with van der Waals surface area (Å²) >= 11 is 6.59. The fourth-order valence-electron chi connectivity index (χ4n) is 3.36. The molecule has 7 heteroatoms. The predicted octanol–water partition coefficient (Wildman–Crippen LogP) is 5.81. The summed E-state index contributed by atoms with van der Waals surface area (Å²) in [6, 6.07) is 11.9. The zero-order chi connectivity index (χ0) is 23.3. The average Bonchev–Trinajstić information content (AvgIpc) is 3.03. The van der Waals surface area contributed by atoms with Crippen molar-refractivity contribution in [1.82, 2.24) is 4.90 Å². The van der Waals surface area contributed by atoms with Gasteiger partial charge in [-0.25, -0.2) is 0 Å². The number of hydrogen-bond acceptors (Lipinski definition) is 6. The summed E-state index contributed by atoms with van der Waals surface area (Å²) in [6.07, 6.45) is 1.83. The molecule has 1 amide bonds. The molecule has 1 aliphatic heterocycles. The SMILES string of the molecule is CCN1C(=O)C(=Cc2ccc(OCCOc3cc(C)ccc3C(C)C)c(OC)c2)SC1=S. The normalized spacial score (nSPS) is 15.1. The topological polar surface area (TPSA) is 48.0 Å². The van der Waals surface area contributed by atoms with E-state index in [4.69, 9.17) is 26.4 Å². The summed E-state index contributed by atoms with van der Waals surface area (Å²) < 4.78 is 18.0. The predicted molar refractivity (Wildman–Crippen MR) is 135 cm³/mol. The molecule has 32 heavy (non-hydrogen) atoms. The van der Waals surface area contributed by atoms with E-state index in [-0.39, 0.29) is 5.91 Å². The molecule has 3 rings (SSSR count). The van der Waals surface area contributed by atoms with Crippen LogP contribution in [0, 0.1) is 6.92 Å². The lowest BCUT2D eigenvalue weighted by Gasteiger charge is -2.16. The van der Waals surface area contributed by atoms with Gasteiger partial charge in [0.2, 0.25) is 0 Å². The van der Waals surface area contributed by atoms with Gasteiger partial charge in [0, 0.05) is 6.54 Å². The number of carbonyl (C=O) groups is 1. The first-order valence-electron chi connectivity index (χ1n) is 10.6. The smallest absolute Gasteiger partial charge is 0.266 e. The molecule has 1 aliphatic rings. The summed E-state index contributed by atoms with van der Waals surface area (Å²) in [7, 11) is 1.60. The molecule has 5 nitrogen and oxygen atoms in total. The largest absolute Gasteiger partial charge is 0.493 e. The van der Waals surface area contributed by atoms with Crippen molar-refractivity contribution in [3.63, 3.8) is 0 Å². The Morgan fingerprint density at radius 3 is 2.41 bits per heavy atom. The molecule has 0 N–H and O–H groups in total. The number of thioether (sulfide) groups is 1. The molecule has 2 aromatic carbocycles. The Kier molecular flexibility index (Phi) is 8.21. The Morgan fingerprint density at radius 2 is 1.78 bits per heavy atom. The molecular weight excluding hydrogens is 442 g/mol. The van der Waals surface area contributed by atoms with Gasteiger partial charge in [-0.2, -0.15) is 0 Å². The highest BCUT2D eigenvalue weighted by Crippen LogP contribution is 2.34. The van der Waals surface area contributed by atoms with Gasteiger partial charge in [-0.1, -0.05) is 56.0 Å². The number of aryl methyl sites for hydroxylation is 1. The second-order valence-electron chi connectivity index (χ2n) is 7.73. The van der Waals surface area contributed by atoms with E-state index in [1.165, 1.54) is 22.9 Å². The van der Waals surface area contributed by atoms with Gasteiger partial charge in [-0.3, -0.25) is 9.69 Å². The summed E-state index contributed by atoms with van der Waals surface area (Å²) in [5, 5.41) is 0. The maximum atomic E-state index is 12.4. The fraction of sp³-hybridized carbons (Fsp3) is 0.360. The molecule has 0 bridgehead atoms. The van der Waals surface area contributed by atoms with E-state index >= 15 is 0 Å². The Labute approximate surface area is 199 Å². The lowest BCUT2D eigenvalue weighted by Crippen LogP contribution is -2.27. The second kappa shape index (κ2) is 10.9. The van der Waals surface area contributed by atoms with E-state index in [2.05, 4.69) is 39.0 Å². The van der Waals surface area contributed by atoms with Crippen molar-refractivity contribution in [2.24, 2.45) is 0 Å². The molecule has 0 unspecified atom stereocenters. The minimum atomic E-state index is -0.0594. The van der Waals surface area contributed by atoms with Crippen LogP contribution < -0.4 is 14.2 Å². The van der Waals surface area contributed by atoms with Crippen LogP contribution in [0.2, 0.25) is 0 Å². The number of carbonyl (C=O) groups excluding carboxylic acids is 1. The third-order valence-corrected chi connectivity index (χ3v) is 6.44. The third kappa shape index (κ3) is 5.64. The number of thiocarbonyl (C=S) groups is 1. The first-order chi connectivity index (χ1) is 15.3. The molecule has 0 radical (unpaired) electrons. The lowest BCUT2D eigenvalue weighted by atomic mass is 10.0. The van der Waals surface area contributed by atoms with Gasteiger partial charge in [0.05, 0.1) is 12.0 Å². The van der Waals surface area contributed by atoms with Crippen molar-refractivity contribution in [2.75, 3.05) is 26.9 Å². The number of methoxy groups -OCH3 is 1. The van der Waals surface area contributed by atoms with Gasteiger partial charge < -0.3 is 14.2 Å². The Hall–Kier alpha value is -2.51. The third-order valence-electron chi connectivity index (χ3n) is 5.06. The van der Waals surface area contributed by atoms with Crippen molar-refractivity contribution in [3.05, 3.63) is 58.0 Å². The number of amides is 1. The first kappa shape index (κ1) is 24.1. The van der Waals surface area contributed by atoms with E-state index in [1.54, 1.807) is 12.0 Å². The lowest BCUT2D eigenvalue weighted by molar-refractivity contribution is -0.121. The van der Waals surface area contributed by atoms with Gasteiger partial charge in [-0.15, -0.1) is 0 Å². The monoisotopic (exact) mass is 471 g/mol.